The predicted molar refractivity (Wildman–Crippen MR) is 124 cm³/mol. The molecule has 0 saturated heterocycles. The molecule has 4 bridgehead atoms. The van der Waals surface area contributed by atoms with Crippen molar-refractivity contribution in [3.05, 3.63) is 16.3 Å². The molecule has 4 aliphatic rings. The molecule has 0 aromatic carbocycles. The second-order valence-electron chi connectivity index (χ2n) is 9.74. The minimum atomic E-state index is -0.284. The van der Waals surface area contributed by atoms with Gasteiger partial charge in [-0.25, -0.2) is 9.97 Å². The molecule has 6 nitrogen and oxygen atoms in total. The zero-order valence-electron chi connectivity index (χ0n) is 18.4. The van der Waals surface area contributed by atoms with Gasteiger partial charge in [-0.2, -0.15) is 0 Å². The number of aromatic nitrogens is 2. The largest absolute Gasteiger partial charge is 0.274 e. The lowest BCUT2D eigenvalue weighted by Gasteiger charge is -2.56. The summed E-state index contributed by atoms with van der Waals surface area (Å²) in [5.41, 5.74) is 6.24. The molecule has 0 spiro atoms. The van der Waals surface area contributed by atoms with Crippen LogP contribution in [0.4, 0.5) is 0 Å². The number of nitrogens with one attached hydrogen (secondary N) is 2. The van der Waals surface area contributed by atoms with Crippen LogP contribution in [0.3, 0.4) is 0 Å². The lowest BCUT2D eigenvalue weighted by Crippen LogP contribution is -2.49. The Labute approximate surface area is 191 Å². The molecule has 4 fully saturated rings. The first-order valence-corrected chi connectivity index (χ1v) is 13.2. The van der Waals surface area contributed by atoms with E-state index in [1.54, 1.807) is 11.3 Å². The highest BCUT2D eigenvalue weighted by molar-refractivity contribution is 8.00. The molecular weight excluding hydrogens is 428 g/mol. The summed E-state index contributed by atoms with van der Waals surface area (Å²) in [6.45, 7) is 5.70. The number of hydrazine groups is 1. The van der Waals surface area contributed by atoms with Crippen LogP contribution in [0, 0.1) is 24.7 Å². The van der Waals surface area contributed by atoms with Crippen LogP contribution < -0.4 is 10.9 Å². The van der Waals surface area contributed by atoms with E-state index in [2.05, 4.69) is 24.7 Å². The molecule has 2 aromatic heterocycles. The lowest BCUT2D eigenvalue weighted by molar-refractivity contribution is -0.126. The number of amides is 2. The fourth-order valence-corrected chi connectivity index (χ4v) is 8.65. The number of hydrogen-bond acceptors (Lipinski definition) is 6. The molecule has 0 unspecified atom stereocenters. The third-order valence-electron chi connectivity index (χ3n) is 7.40. The SMILES string of the molecule is CCc1c(C)sc2nc(C34CC5CC(CC(C5)C3)C4)nc(SCC(=O)NNC(C)=O)c12. The summed E-state index contributed by atoms with van der Waals surface area (Å²) in [6, 6.07) is 0. The summed E-state index contributed by atoms with van der Waals surface area (Å²) in [6.07, 6.45) is 8.78. The van der Waals surface area contributed by atoms with Crippen molar-refractivity contribution in [2.24, 2.45) is 17.8 Å². The monoisotopic (exact) mass is 458 g/mol. The van der Waals surface area contributed by atoms with Crippen LogP contribution in [0.15, 0.2) is 5.03 Å². The number of carbonyl (C=O) groups excluding carboxylic acids is 2. The van der Waals surface area contributed by atoms with Crippen LogP contribution in [-0.4, -0.2) is 27.5 Å². The van der Waals surface area contributed by atoms with Gasteiger partial charge in [0.05, 0.1) is 5.75 Å². The van der Waals surface area contributed by atoms with Crippen LogP contribution in [0.5, 0.6) is 0 Å². The number of nitrogens with zero attached hydrogens (tertiary/aromatic N) is 2. The van der Waals surface area contributed by atoms with E-state index in [9.17, 15) is 9.59 Å². The summed E-state index contributed by atoms with van der Waals surface area (Å²) in [5, 5.41) is 2.05. The van der Waals surface area contributed by atoms with Crippen molar-refractivity contribution >= 4 is 45.1 Å². The second-order valence-corrected chi connectivity index (χ2v) is 11.9. The Hall–Kier alpha value is -1.67. The average Bonchev–Trinajstić information content (AvgIpc) is 3.04. The summed E-state index contributed by atoms with van der Waals surface area (Å²) < 4.78 is 0. The van der Waals surface area contributed by atoms with Crippen LogP contribution in [0.25, 0.3) is 10.2 Å². The van der Waals surface area contributed by atoms with Crippen LogP contribution in [-0.2, 0) is 21.4 Å². The van der Waals surface area contributed by atoms with E-state index in [-0.39, 0.29) is 23.0 Å². The van der Waals surface area contributed by atoms with Gasteiger partial charge in [0.25, 0.3) is 0 Å². The van der Waals surface area contributed by atoms with Crippen LogP contribution >= 0.6 is 23.1 Å². The molecule has 2 amide bonds. The van der Waals surface area contributed by atoms with Gasteiger partial charge in [0, 0.05) is 22.6 Å². The quantitative estimate of drug-likeness (QED) is 0.397. The smallest absolute Gasteiger partial charge is 0.248 e. The molecule has 166 valence electrons. The van der Waals surface area contributed by atoms with Gasteiger partial charge < -0.3 is 0 Å². The standard InChI is InChI=1S/C23H30N4O2S2/c1-4-17-12(2)31-21-19(17)20(30-11-18(29)27-26-13(3)28)24-22(25-21)23-8-14-5-15(9-23)7-16(6-14)10-23/h14-16H,4-11H2,1-3H3,(H,26,28)(H,27,29). The second kappa shape index (κ2) is 8.03. The molecule has 0 atom stereocenters. The van der Waals surface area contributed by atoms with Crippen molar-refractivity contribution in [3.63, 3.8) is 0 Å². The van der Waals surface area contributed by atoms with Gasteiger partial charge in [-0.1, -0.05) is 18.7 Å². The minimum Gasteiger partial charge on any atom is -0.274 e. The first-order chi connectivity index (χ1) is 14.9. The van der Waals surface area contributed by atoms with E-state index in [0.717, 1.165) is 45.2 Å². The van der Waals surface area contributed by atoms with Gasteiger partial charge >= 0.3 is 0 Å². The number of carbonyl (C=O) groups is 2. The number of hydrogen-bond donors (Lipinski definition) is 2. The van der Waals surface area contributed by atoms with Crippen molar-refractivity contribution in [2.45, 2.75) is 76.2 Å². The van der Waals surface area contributed by atoms with E-state index in [1.165, 1.54) is 67.7 Å². The molecule has 0 aliphatic heterocycles. The summed E-state index contributed by atoms with van der Waals surface area (Å²) >= 11 is 3.23. The van der Waals surface area contributed by atoms with Gasteiger partial charge in [-0.15, -0.1) is 11.3 Å². The van der Waals surface area contributed by atoms with E-state index in [1.807, 2.05) is 0 Å². The first-order valence-electron chi connectivity index (χ1n) is 11.4. The van der Waals surface area contributed by atoms with Crippen molar-refractivity contribution in [1.82, 2.24) is 20.8 Å². The maximum atomic E-state index is 12.2. The van der Waals surface area contributed by atoms with Crippen molar-refractivity contribution in [2.75, 3.05) is 5.75 Å². The summed E-state index contributed by atoms with van der Waals surface area (Å²) in [4.78, 5) is 36.0. The summed E-state index contributed by atoms with van der Waals surface area (Å²) in [7, 11) is 0. The molecule has 0 radical (unpaired) electrons. The minimum absolute atomic E-state index is 0.126. The van der Waals surface area contributed by atoms with Gasteiger partial charge in [0.1, 0.15) is 15.7 Å². The van der Waals surface area contributed by atoms with Gasteiger partial charge in [-0.3, -0.25) is 20.4 Å². The maximum Gasteiger partial charge on any atom is 0.248 e. The van der Waals surface area contributed by atoms with Crippen molar-refractivity contribution < 1.29 is 9.59 Å². The molecule has 2 N–H and O–H groups in total. The molecule has 6 rings (SSSR count). The number of aryl methyl sites for hydroxylation is 2. The van der Waals surface area contributed by atoms with Crippen molar-refractivity contribution in [3.8, 4) is 0 Å². The molecule has 8 heteroatoms. The molecule has 2 heterocycles. The Kier molecular flexibility index (Phi) is 5.49. The Morgan fingerprint density at radius 1 is 1.10 bits per heavy atom. The van der Waals surface area contributed by atoms with Crippen molar-refractivity contribution in [1.29, 1.82) is 0 Å². The maximum absolute atomic E-state index is 12.2. The van der Waals surface area contributed by atoms with Crippen LogP contribution in [0.2, 0.25) is 0 Å². The Morgan fingerprint density at radius 2 is 1.74 bits per heavy atom. The lowest BCUT2D eigenvalue weighted by atomic mass is 9.49. The molecule has 4 saturated carbocycles. The zero-order chi connectivity index (χ0) is 21.8. The summed E-state index contributed by atoms with van der Waals surface area (Å²) in [5.74, 6) is 3.23. The molecule has 31 heavy (non-hydrogen) atoms. The molecular formula is C23H30N4O2S2. The van der Waals surface area contributed by atoms with Gasteiger partial charge in [-0.05, 0) is 75.2 Å². The zero-order valence-corrected chi connectivity index (χ0v) is 20.0. The number of thioether (sulfide) groups is 1. The van der Waals surface area contributed by atoms with Crippen LogP contribution in [0.1, 0.15) is 68.6 Å². The fourth-order valence-electron chi connectivity index (χ4n) is 6.61. The molecule has 4 aliphatic carbocycles. The highest BCUT2D eigenvalue weighted by Gasteiger charge is 2.53. The third kappa shape index (κ3) is 3.86. The van der Waals surface area contributed by atoms with E-state index in [4.69, 9.17) is 9.97 Å². The number of fused-ring (bicyclic) bond motifs is 1. The third-order valence-corrected chi connectivity index (χ3v) is 9.42. The topological polar surface area (TPSA) is 84.0 Å². The number of thiophene rings is 1. The Morgan fingerprint density at radius 3 is 2.32 bits per heavy atom. The average molecular weight is 459 g/mol. The predicted octanol–water partition coefficient (Wildman–Crippen LogP) is 4.29. The highest BCUT2D eigenvalue weighted by atomic mass is 32.2. The Balaban J connectivity index is 1.51. The highest BCUT2D eigenvalue weighted by Crippen LogP contribution is 2.60. The molecule has 2 aromatic rings. The van der Waals surface area contributed by atoms with Gasteiger partial charge in [0.15, 0.2) is 0 Å². The first kappa shape index (κ1) is 21.2. The van der Waals surface area contributed by atoms with E-state index in [0.29, 0.717) is 0 Å². The van der Waals surface area contributed by atoms with Gasteiger partial charge in [0.2, 0.25) is 11.8 Å². The fraction of sp³-hybridized carbons (Fsp3) is 0.652. The number of rotatable bonds is 5. The van der Waals surface area contributed by atoms with E-state index >= 15 is 0 Å². The normalized spacial score (nSPS) is 28.8. The van der Waals surface area contributed by atoms with E-state index < -0.39 is 0 Å². The Bertz CT molecular complexity index is 1010.